The molecular weight excluding hydrogens is 645 g/mol. The van der Waals surface area contributed by atoms with Gasteiger partial charge in [-0.05, 0) is 41.5 Å². The van der Waals surface area contributed by atoms with Gasteiger partial charge >= 0.3 is 12.1 Å². The van der Waals surface area contributed by atoms with Crippen LogP contribution < -0.4 is 36.9 Å². The molecule has 49 heavy (non-hydrogen) atoms. The molecule has 0 aliphatic heterocycles. The van der Waals surface area contributed by atoms with Crippen LogP contribution in [0.1, 0.15) is 28.3 Å². The van der Waals surface area contributed by atoms with Gasteiger partial charge in [0.2, 0.25) is 11.8 Å². The first-order chi connectivity index (χ1) is 23.3. The second-order valence-electron chi connectivity index (χ2n) is 10.2. The summed E-state index contributed by atoms with van der Waals surface area (Å²) in [6, 6.07) is 28.3. The number of nitrogen functional groups attached to an aromatic ring is 1. The maximum atomic E-state index is 13.8. The lowest BCUT2D eigenvalue weighted by Gasteiger charge is -2.24. The Hall–Kier alpha value is -6.09. The normalized spacial score (nSPS) is 11.2. The zero-order valence-corrected chi connectivity index (χ0v) is 26.2. The van der Waals surface area contributed by atoms with E-state index in [9.17, 15) is 22.8 Å². The standard InChI is InChI=1S/C32H34N6O4.C2HF3O2/c1-41-27-16-25(26(38-29(39)18-33)17-28(27)42-20-22-10-6-3-7-11-22)30(32(40)36-19-21-8-4-2-5-9-21)37-24-14-12-23(13-15-24)31(34)35;3-2(4,5)1(6)7/h2-17,30,37H,18-20,33H2,1H3,(H3,34,35)(H,36,40)(H,38,39);(H,6,7). The molecule has 0 aromatic heterocycles. The molecule has 0 heterocycles. The molecule has 258 valence electrons. The number of carboxylic acid groups (broad SMARTS) is 1. The number of benzene rings is 4. The topological polar surface area (TPSA) is 202 Å². The molecule has 1 unspecified atom stereocenters. The van der Waals surface area contributed by atoms with Crippen molar-refractivity contribution in [3.63, 3.8) is 0 Å². The van der Waals surface area contributed by atoms with Crippen molar-refractivity contribution in [3.05, 3.63) is 119 Å². The van der Waals surface area contributed by atoms with E-state index in [1.54, 1.807) is 36.4 Å². The number of aliphatic carboxylic acids is 1. The molecule has 0 radical (unpaired) electrons. The largest absolute Gasteiger partial charge is 0.493 e. The van der Waals surface area contributed by atoms with Crippen LogP contribution in [0.3, 0.4) is 0 Å². The molecule has 0 spiro atoms. The van der Waals surface area contributed by atoms with Gasteiger partial charge in [0.15, 0.2) is 11.5 Å². The molecule has 12 nitrogen and oxygen atoms in total. The van der Waals surface area contributed by atoms with Crippen LogP contribution in [0.2, 0.25) is 0 Å². The molecule has 4 aromatic rings. The monoisotopic (exact) mass is 680 g/mol. The van der Waals surface area contributed by atoms with Crippen LogP contribution in [0.4, 0.5) is 24.5 Å². The molecule has 0 aliphatic carbocycles. The van der Waals surface area contributed by atoms with Gasteiger partial charge in [-0.2, -0.15) is 13.2 Å². The van der Waals surface area contributed by atoms with Crippen LogP contribution in [-0.2, 0) is 27.5 Å². The molecule has 4 aromatic carbocycles. The summed E-state index contributed by atoms with van der Waals surface area (Å²) in [7, 11) is 1.50. The Morgan fingerprint density at radius 3 is 1.98 bits per heavy atom. The fourth-order valence-corrected chi connectivity index (χ4v) is 4.22. The molecule has 15 heteroatoms. The van der Waals surface area contributed by atoms with Gasteiger partial charge < -0.3 is 42.0 Å². The number of carboxylic acids is 1. The lowest BCUT2D eigenvalue weighted by Crippen LogP contribution is -2.34. The second kappa shape index (κ2) is 17.7. The molecule has 1 atom stereocenters. The lowest BCUT2D eigenvalue weighted by atomic mass is 10.0. The van der Waals surface area contributed by atoms with Gasteiger partial charge in [-0.1, -0.05) is 60.7 Å². The highest BCUT2D eigenvalue weighted by atomic mass is 19.4. The SMILES string of the molecule is COc1cc(C(Nc2ccc(C(=N)N)cc2)C(=O)NCc2ccccc2)c(NC(=O)CN)cc1OCc1ccccc1.O=C(O)C(F)(F)F. The van der Waals surface area contributed by atoms with E-state index in [1.165, 1.54) is 7.11 Å². The molecule has 0 saturated carbocycles. The number of alkyl halides is 3. The molecular formula is C34H35F3N6O6. The number of nitrogens with one attached hydrogen (secondary N) is 4. The van der Waals surface area contributed by atoms with Gasteiger partial charge in [-0.15, -0.1) is 0 Å². The Balaban J connectivity index is 0.000000838. The van der Waals surface area contributed by atoms with E-state index < -0.39 is 24.1 Å². The summed E-state index contributed by atoms with van der Waals surface area (Å²) in [5.74, 6) is -2.86. The first kappa shape index (κ1) is 37.4. The minimum Gasteiger partial charge on any atom is -0.493 e. The number of amides is 2. The predicted octanol–water partition coefficient (Wildman–Crippen LogP) is 4.56. The van der Waals surface area contributed by atoms with Crippen molar-refractivity contribution in [1.29, 1.82) is 5.41 Å². The van der Waals surface area contributed by atoms with Crippen molar-refractivity contribution >= 4 is 35.0 Å². The summed E-state index contributed by atoms with van der Waals surface area (Å²) in [5.41, 5.74) is 15.0. The highest BCUT2D eigenvalue weighted by Gasteiger charge is 2.38. The number of hydrogen-bond donors (Lipinski definition) is 7. The Kier molecular flexibility index (Phi) is 13.5. The molecule has 9 N–H and O–H groups in total. The maximum Gasteiger partial charge on any atom is 0.490 e. The predicted molar refractivity (Wildman–Crippen MR) is 177 cm³/mol. The smallest absolute Gasteiger partial charge is 0.490 e. The van der Waals surface area contributed by atoms with Crippen LogP contribution in [0.15, 0.2) is 97.1 Å². The minimum atomic E-state index is -5.08. The lowest BCUT2D eigenvalue weighted by molar-refractivity contribution is -0.192. The number of methoxy groups -OCH3 is 1. The van der Waals surface area contributed by atoms with Crippen molar-refractivity contribution in [2.45, 2.75) is 25.4 Å². The number of ether oxygens (including phenoxy) is 2. The van der Waals surface area contributed by atoms with Crippen LogP contribution in [0.5, 0.6) is 11.5 Å². The van der Waals surface area contributed by atoms with Crippen molar-refractivity contribution in [3.8, 4) is 11.5 Å². The van der Waals surface area contributed by atoms with Crippen LogP contribution in [0.25, 0.3) is 0 Å². The molecule has 4 rings (SSSR count). The first-order valence-electron chi connectivity index (χ1n) is 14.5. The average Bonchev–Trinajstić information content (AvgIpc) is 3.09. The molecule has 0 aliphatic rings. The number of carbonyl (C=O) groups is 3. The fraction of sp³-hybridized carbons (Fsp3) is 0.176. The number of amidine groups is 1. The number of anilines is 2. The highest BCUT2D eigenvalue weighted by Crippen LogP contribution is 2.38. The van der Waals surface area contributed by atoms with Gasteiger partial charge in [0, 0.05) is 29.4 Å². The third-order valence-corrected chi connectivity index (χ3v) is 6.66. The summed E-state index contributed by atoms with van der Waals surface area (Å²) >= 11 is 0. The number of halogens is 3. The summed E-state index contributed by atoms with van der Waals surface area (Å²) in [6.45, 7) is 0.306. The van der Waals surface area contributed by atoms with Gasteiger partial charge in [0.25, 0.3) is 0 Å². The Morgan fingerprint density at radius 2 is 1.47 bits per heavy atom. The van der Waals surface area contributed by atoms with E-state index in [1.807, 2.05) is 60.7 Å². The number of nitrogens with two attached hydrogens (primary N) is 2. The van der Waals surface area contributed by atoms with Gasteiger partial charge in [-0.25, -0.2) is 4.79 Å². The quantitative estimate of drug-likeness (QED) is 0.0781. The molecule has 0 bridgehead atoms. The van der Waals surface area contributed by atoms with Crippen LogP contribution in [-0.4, -0.2) is 48.6 Å². The minimum absolute atomic E-state index is 0.0682. The van der Waals surface area contributed by atoms with E-state index in [-0.39, 0.29) is 24.9 Å². The fourth-order valence-electron chi connectivity index (χ4n) is 4.22. The molecule has 0 saturated heterocycles. The summed E-state index contributed by atoms with van der Waals surface area (Å²) in [5, 5.41) is 23.8. The number of rotatable bonds is 13. The van der Waals surface area contributed by atoms with E-state index in [0.29, 0.717) is 40.5 Å². The maximum absolute atomic E-state index is 13.8. The van der Waals surface area contributed by atoms with E-state index in [2.05, 4.69) is 16.0 Å². The molecule has 2 amide bonds. The van der Waals surface area contributed by atoms with Gasteiger partial charge in [0.05, 0.1) is 19.3 Å². The van der Waals surface area contributed by atoms with Crippen LogP contribution >= 0.6 is 0 Å². The first-order valence-corrected chi connectivity index (χ1v) is 14.5. The summed E-state index contributed by atoms with van der Waals surface area (Å²) < 4.78 is 43.5. The highest BCUT2D eigenvalue weighted by molar-refractivity contribution is 5.97. The van der Waals surface area contributed by atoms with Crippen molar-refractivity contribution in [1.82, 2.24) is 5.32 Å². The third-order valence-electron chi connectivity index (χ3n) is 6.66. The molecule has 0 fully saturated rings. The van der Waals surface area contributed by atoms with E-state index in [4.69, 9.17) is 36.3 Å². The van der Waals surface area contributed by atoms with E-state index in [0.717, 1.165) is 11.1 Å². The van der Waals surface area contributed by atoms with Crippen molar-refractivity contribution < 1.29 is 42.1 Å². The van der Waals surface area contributed by atoms with Gasteiger partial charge in [0.1, 0.15) is 18.5 Å². The van der Waals surface area contributed by atoms with Crippen molar-refractivity contribution in [2.24, 2.45) is 11.5 Å². The zero-order chi connectivity index (χ0) is 36.0. The van der Waals surface area contributed by atoms with E-state index >= 15 is 0 Å². The van der Waals surface area contributed by atoms with Crippen LogP contribution in [0, 0.1) is 5.41 Å². The zero-order valence-electron chi connectivity index (χ0n) is 26.2. The number of carbonyl (C=O) groups excluding carboxylic acids is 2. The summed E-state index contributed by atoms with van der Waals surface area (Å²) in [6.07, 6.45) is -5.08. The third kappa shape index (κ3) is 11.6. The Labute approximate surface area is 279 Å². The Morgan fingerprint density at radius 1 is 0.898 bits per heavy atom. The van der Waals surface area contributed by atoms with Gasteiger partial charge in [-0.3, -0.25) is 15.0 Å². The second-order valence-corrected chi connectivity index (χ2v) is 10.2. The average molecular weight is 681 g/mol. The van der Waals surface area contributed by atoms with Crippen molar-refractivity contribution in [2.75, 3.05) is 24.3 Å². The summed E-state index contributed by atoms with van der Waals surface area (Å²) in [4.78, 5) is 35.1. The number of hydrogen-bond acceptors (Lipinski definition) is 8. The Bertz CT molecular complexity index is 1720.